The maximum Gasteiger partial charge on any atom is 0.234 e. The second-order valence-corrected chi connectivity index (χ2v) is 8.43. The van der Waals surface area contributed by atoms with Crippen LogP contribution in [0.5, 0.6) is 0 Å². The standard InChI is InChI=1S/C17H16ClN5O2S2/c1-2-15(25)23(12-5-6-12)16-21-22-17(27-16)26-9-14(24)20-11-4-3-10(8-19)13(18)7-11/h3-4,7,12H,2,5-6,9H2,1H3,(H,20,24). The molecule has 10 heteroatoms. The number of carbonyl (C=O) groups is 2. The van der Waals surface area contributed by atoms with Gasteiger partial charge in [0.05, 0.1) is 16.3 Å². The van der Waals surface area contributed by atoms with Gasteiger partial charge >= 0.3 is 0 Å². The van der Waals surface area contributed by atoms with Gasteiger partial charge < -0.3 is 5.32 Å². The number of hydrogen-bond donors (Lipinski definition) is 1. The Bertz CT molecular complexity index is 907. The maximum atomic E-state index is 12.1. The van der Waals surface area contributed by atoms with E-state index in [9.17, 15) is 9.59 Å². The summed E-state index contributed by atoms with van der Waals surface area (Å²) < 4.78 is 0.632. The fourth-order valence-corrected chi connectivity index (χ4v) is 4.29. The molecule has 0 radical (unpaired) electrons. The Morgan fingerprint density at radius 3 is 2.85 bits per heavy atom. The lowest BCUT2D eigenvalue weighted by atomic mass is 10.2. The van der Waals surface area contributed by atoms with Crippen molar-refractivity contribution in [2.45, 2.75) is 36.6 Å². The van der Waals surface area contributed by atoms with Crippen molar-refractivity contribution in [1.82, 2.24) is 10.2 Å². The molecule has 0 atom stereocenters. The van der Waals surface area contributed by atoms with E-state index in [1.807, 2.05) is 13.0 Å². The van der Waals surface area contributed by atoms with Gasteiger partial charge in [0.25, 0.3) is 0 Å². The van der Waals surface area contributed by atoms with Crippen molar-refractivity contribution in [1.29, 1.82) is 5.26 Å². The van der Waals surface area contributed by atoms with Crippen LogP contribution in [-0.2, 0) is 9.59 Å². The van der Waals surface area contributed by atoms with Gasteiger partial charge in [-0.05, 0) is 31.0 Å². The molecule has 7 nitrogen and oxygen atoms in total. The third-order valence-corrected chi connectivity index (χ3v) is 6.15. The minimum Gasteiger partial charge on any atom is -0.325 e. The van der Waals surface area contributed by atoms with Gasteiger partial charge in [-0.1, -0.05) is 41.6 Å². The molecule has 1 aliphatic carbocycles. The second kappa shape index (κ2) is 8.69. The predicted molar refractivity (Wildman–Crippen MR) is 106 cm³/mol. The summed E-state index contributed by atoms with van der Waals surface area (Å²) in [4.78, 5) is 25.9. The molecule has 1 aliphatic rings. The summed E-state index contributed by atoms with van der Waals surface area (Å²) in [5.74, 6) is -0.0286. The van der Waals surface area contributed by atoms with E-state index in [2.05, 4.69) is 15.5 Å². The third-order valence-electron chi connectivity index (χ3n) is 3.79. The number of nitrogens with one attached hydrogen (secondary N) is 1. The molecule has 2 amide bonds. The van der Waals surface area contributed by atoms with E-state index in [0.717, 1.165) is 12.8 Å². The van der Waals surface area contributed by atoms with Crippen molar-refractivity contribution in [3.63, 3.8) is 0 Å². The number of nitriles is 1. The van der Waals surface area contributed by atoms with Crippen LogP contribution in [-0.4, -0.2) is 33.8 Å². The lowest BCUT2D eigenvalue weighted by molar-refractivity contribution is -0.118. The Morgan fingerprint density at radius 1 is 1.44 bits per heavy atom. The Morgan fingerprint density at radius 2 is 2.22 bits per heavy atom. The molecule has 0 spiro atoms. The van der Waals surface area contributed by atoms with Crippen LogP contribution in [0.2, 0.25) is 5.02 Å². The van der Waals surface area contributed by atoms with Crippen LogP contribution in [0.15, 0.2) is 22.5 Å². The smallest absolute Gasteiger partial charge is 0.234 e. The molecule has 1 N–H and O–H groups in total. The van der Waals surface area contributed by atoms with Crippen LogP contribution in [0.4, 0.5) is 10.8 Å². The zero-order valence-electron chi connectivity index (χ0n) is 14.4. The SMILES string of the molecule is CCC(=O)N(c1nnc(SCC(=O)Nc2ccc(C#N)c(Cl)c2)s1)C1CC1. The van der Waals surface area contributed by atoms with Gasteiger partial charge in [-0.25, -0.2) is 0 Å². The van der Waals surface area contributed by atoms with E-state index in [-0.39, 0.29) is 28.6 Å². The first-order valence-corrected chi connectivity index (χ1v) is 10.5. The van der Waals surface area contributed by atoms with Crippen LogP contribution in [0, 0.1) is 11.3 Å². The van der Waals surface area contributed by atoms with Crippen molar-refractivity contribution in [2.24, 2.45) is 0 Å². The number of rotatable bonds is 7. The van der Waals surface area contributed by atoms with Crippen molar-refractivity contribution in [2.75, 3.05) is 16.0 Å². The minimum absolute atomic E-state index is 0.0423. The molecule has 1 fully saturated rings. The van der Waals surface area contributed by atoms with E-state index in [4.69, 9.17) is 16.9 Å². The number of hydrogen-bond acceptors (Lipinski definition) is 7. The molecule has 140 valence electrons. The molecule has 0 unspecified atom stereocenters. The number of nitrogens with zero attached hydrogens (tertiary/aromatic N) is 4. The lowest BCUT2D eigenvalue weighted by Crippen LogP contribution is -2.32. The molecule has 1 aromatic carbocycles. The van der Waals surface area contributed by atoms with Gasteiger partial charge in [0.15, 0.2) is 4.34 Å². The Balaban J connectivity index is 1.56. The van der Waals surface area contributed by atoms with Crippen LogP contribution >= 0.6 is 34.7 Å². The molecule has 3 rings (SSSR count). The van der Waals surface area contributed by atoms with E-state index in [0.29, 0.717) is 27.1 Å². The summed E-state index contributed by atoms with van der Waals surface area (Å²) >= 11 is 8.53. The summed E-state index contributed by atoms with van der Waals surface area (Å²) in [5.41, 5.74) is 0.878. The third kappa shape index (κ3) is 4.97. The fraction of sp³-hybridized carbons (Fsp3) is 0.353. The quantitative estimate of drug-likeness (QED) is 0.540. The summed E-state index contributed by atoms with van der Waals surface area (Å²) in [6.07, 6.45) is 2.40. The number of halogens is 1. The zero-order valence-corrected chi connectivity index (χ0v) is 16.8. The van der Waals surface area contributed by atoms with Gasteiger partial charge in [0.1, 0.15) is 6.07 Å². The van der Waals surface area contributed by atoms with Crippen molar-refractivity contribution in [3.8, 4) is 6.07 Å². The Hall–Kier alpha value is -2.15. The van der Waals surface area contributed by atoms with Gasteiger partial charge in [0, 0.05) is 18.2 Å². The monoisotopic (exact) mass is 421 g/mol. The number of aromatic nitrogens is 2. The largest absolute Gasteiger partial charge is 0.325 e. The van der Waals surface area contributed by atoms with E-state index < -0.39 is 0 Å². The summed E-state index contributed by atoms with van der Waals surface area (Å²) in [5, 5.41) is 20.7. The average Bonchev–Trinajstić information content (AvgIpc) is 3.37. The van der Waals surface area contributed by atoms with Crippen LogP contribution in [0.3, 0.4) is 0 Å². The normalized spacial score (nSPS) is 13.1. The average molecular weight is 422 g/mol. The van der Waals surface area contributed by atoms with Gasteiger partial charge in [-0.2, -0.15) is 5.26 Å². The van der Waals surface area contributed by atoms with Crippen molar-refractivity contribution in [3.05, 3.63) is 28.8 Å². The highest BCUT2D eigenvalue weighted by molar-refractivity contribution is 8.01. The van der Waals surface area contributed by atoms with Crippen LogP contribution in [0.25, 0.3) is 0 Å². The predicted octanol–water partition coefficient (Wildman–Crippen LogP) is 3.70. The molecule has 0 aliphatic heterocycles. The number of carbonyl (C=O) groups excluding carboxylic acids is 2. The maximum absolute atomic E-state index is 12.1. The van der Waals surface area contributed by atoms with E-state index >= 15 is 0 Å². The highest BCUT2D eigenvalue weighted by Crippen LogP contribution is 2.36. The Kier molecular flexibility index (Phi) is 6.31. The minimum atomic E-state index is -0.221. The molecule has 1 saturated carbocycles. The summed E-state index contributed by atoms with van der Waals surface area (Å²) in [7, 11) is 0. The highest BCUT2D eigenvalue weighted by Gasteiger charge is 2.35. The number of anilines is 2. The molecular weight excluding hydrogens is 406 g/mol. The topological polar surface area (TPSA) is 99.0 Å². The first kappa shape index (κ1) is 19.6. The number of benzene rings is 1. The molecule has 27 heavy (non-hydrogen) atoms. The summed E-state index contributed by atoms with van der Waals surface area (Å²) in [6.45, 7) is 1.83. The molecule has 0 saturated heterocycles. The lowest BCUT2D eigenvalue weighted by Gasteiger charge is -2.17. The molecular formula is C17H16ClN5O2S2. The highest BCUT2D eigenvalue weighted by atomic mass is 35.5. The van der Waals surface area contributed by atoms with Crippen molar-refractivity contribution < 1.29 is 9.59 Å². The first-order chi connectivity index (χ1) is 13.0. The fourth-order valence-electron chi connectivity index (χ4n) is 2.34. The first-order valence-electron chi connectivity index (χ1n) is 8.29. The van der Waals surface area contributed by atoms with Crippen LogP contribution < -0.4 is 10.2 Å². The second-order valence-electron chi connectivity index (χ2n) is 5.84. The van der Waals surface area contributed by atoms with Gasteiger partial charge in [-0.15, -0.1) is 10.2 Å². The van der Waals surface area contributed by atoms with Crippen molar-refractivity contribution >= 4 is 57.3 Å². The van der Waals surface area contributed by atoms with E-state index in [1.165, 1.54) is 29.2 Å². The van der Waals surface area contributed by atoms with Gasteiger partial charge in [0.2, 0.25) is 16.9 Å². The summed E-state index contributed by atoms with van der Waals surface area (Å²) in [6, 6.07) is 6.91. The van der Waals surface area contributed by atoms with Gasteiger partial charge in [-0.3, -0.25) is 14.5 Å². The molecule has 0 bridgehead atoms. The zero-order chi connectivity index (χ0) is 19.4. The Labute approximate surface area is 169 Å². The molecule has 2 aromatic rings. The van der Waals surface area contributed by atoms with Crippen LogP contribution in [0.1, 0.15) is 31.7 Å². The molecule has 1 aromatic heterocycles. The number of thioether (sulfide) groups is 1. The number of amides is 2. The molecule has 1 heterocycles. The van der Waals surface area contributed by atoms with E-state index in [1.54, 1.807) is 17.0 Å².